The van der Waals surface area contributed by atoms with E-state index in [-0.39, 0.29) is 52.9 Å². The summed E-state index contributed by atoms with van der Waals surface area (Å²) in [5.41, 5.74) is 8.73. The van der Waals surface area contributed by atoms with Crippen molar-refractivity contribution in [2.75, 3.05) is 52.9 Å². The number of aromatic nitrogens is 2. The summed E-state index contributed by atoms with van der Waals surface area (Å²) in [5.74, 6) is 0.00692. The smallest absolute Gasteiger partial charge is 0.164 e. The Morgan fingerprint density at radius 2 is 0.533 bits per heavy atom. The minimum absolute atomic E-state index is 0.0694. The molecule has 0 aliphatic carbocycles. The molecule has 11 aliphatic heterocycles. The number of benzene rings is 4. The molecule has 17 rings (SSSR count). The zero-order chi connectivity index (χ0) is 62.4. The number of hydrogen-bond acceptors (Lipinski definition) is 18. The van der Waals surface area contributed by atoms with E-state index in [4.69, 9.17) is 85.8 Å². The van der Waals surface area contributed by atoms with Gasteiger partial charge >= 0.3 is 0 Å². The molecule has 4 aromatic carbocycles. The summed E-state index contributed by atoms with van der Waals surface area (Å²) >= 11 is 0. The van der Waals surface area contributed by atoms with Crippen LogP contribution < -0.4 is 48.6 Å². The van der Waals surface area contributed by atoms with Crippen LogP contribution in [0.1, 0.15) is 89.0 Å². The van der Waals surface area contributed by atoms with E-state index in [1.54, 1.807) is 0 Å². The first-order valence-electron chi connectivity index (χ1n) is 31.6. The summed E-state index contributed by atoms with van der Waals surface area (Å²) < 4.78 is 111. The second kappa shape index (κ2) is 21.6. The maximum absolute atomic E-state index is 7.12. The predicted molar refractivity (Wildman–Crippen MR) is 336 cm³/mol. The number of allylic oxidation sites excluding steroid dienone is 4. The summed E-state index contributed by atoms with van der Waals surface area (Å²) in [6.07, 6.45) is 3.25. The molecular formula is C72H70N4O16. The van der Waals surface area contributed by atoms with Crippen LogP contribution in [0.5, 0.6) is 46.0 Å². The van der Waals surface area contributed by atoms with Crippen LogP contribution in [-0.2, 0) is 37.9 Å². The van der Waals surface area contributed by atoms with Crippen molar-refractivity contribution in [2.45, 2.75) is 127 Å². The van der Waals surface area contributed by atoms with Crippen molar-refractivity contribution >= 4 is 33.7 Å². The minimum Gasteiger partial charge on any atom is -0.490 e. The van der Waals surface area contributed by atoms with E-state index >= 15 is 0 Å². The highest BCUT2D eigenvalue weighted by molar-refractivity contribution is 6.33. The number of nitrogens with one attached hydrogen (secondary N) is 2. The van der Waals surface area contributed by atoms with Crippen molar-refractivity contribution < 1.29 is 75.8 Å². The Balaban J connectivity index is 1.03. The molecule has 0 spiro atoms. The van der Waals surface area contributed by atoms with Crippen LogP contribution in [0, 0.1) is 0 Å². The molecule has 20 nitrogen and oxygen atoms in total. The topological polar surface area (TPSA) is 204 Å². The van der Waals surface area contributed by atoms with Crippen LogP contribution in [-0.4, -0.2) is 146 Å². The van der Waals surface area contributed by atoms with Gasteiger partial charge < -0.3 is 85.8 Å². The van der Waals surface area contributed by atoms with Gasteiger partial charge in [-0.15, -0.1) is 0 Å². The van der Waals surface area contributed by atoms with Gasteiger partial charge in [-0.1, -0.05) is 24.3 Å². The van der Waals surface area contributed by atoms with Gasteiger partial charge in [0.15, 0.2) is 23.1 Å². The number of nitrogens with zero attached hydrogens (tertiary/aromatic N) is 2. The van der Waals surface area contributed by atoms with E-state index in [9.17, 15) is 0 Å². The molecule has 3 saturated heterocycles. The monoisotopic (exact) mass is 1250 g/mol. The van der Waals surface area contributed by atoms with Gasteiger partial charge in [0, 0.05) is 44.4 Å². The third-order valence-corrected chi connectivity index (χ3v) is 18.1. The van der Waals surface area contributed by atoms with Gasteiger partial charge in [-0.2, -0.15) is 0 Å². The lowest BCUT2D eigenvalue weighted by Gasteiger charge is -2.24. The molecule has 3 fully saturated rings. The van der Waals surface area contributed by atoms with Crippen LogP contribution in [0.2, 0.25) is 0 Å². The summed E-state index contributed by atoms with van der Waals surface area (Å²) in [6, 6.07) is 31.4. The molecule has 20 heteroatoms. The second-order valence-electron chi connectivity index (χ2n) is 26.4. The zero-order valence-corrected chi connectivity index (χ0v) is 52.2. The number of fused-ring (bicyclic) bond motifs is 15. The summed E-state index contributed by atoms with van der Waals surface area (Å²) in [5, 5.41) is 1.33. The maximum atomic E-state index is 7.12. The molecule has 0 radical (unpaired) electrons. The van der Waals surface area contributed by atoms with Crippen LogP contribution in [0.15, 0.2) is 143 Å². The lowest BCUT2D eigenvalue weighted by Crippen LogP contribution is -2.35. The Kier molecular flexibility index (Phi) is 13.5. The summed E-state index contributed by atoms with van der Waals surface area (Å²) in [7, 11) is 0. The first-order valence-corrected chi connectivity index (χ1v) is 31.6. The van der Waals surface area contributed by atoms with Gasteiger partial charge in [0.2, 0.25) is 0 Å². The fourth-order valence-electron chi connectivity index (χ4n) is 14.4. The quantitative estimate of drug-likeness (QED) is 0.146. The van der Waals surface area contributed by atoms with E-state index in [2.05, 4.69) is 34.2 Å². The van der Waals surface area contributed by atoms with Crippen molar-refractivity contribution in [3.63, 3.8) is 0 Å². The molecule has 11 aliphatic rings. The predicted octanol–water partition coefficient (Wildman–Crippen LogP) is 9.16. The first kappa shape index (κ1) is 57.5. The normalized spacial score (nSPS) is 28.3. The molecule has 8 unspecified atom stereocenters. The summed E-state index contributed by atoms with van der Waals surface area (Å²) in [4.78, 5) is 19.4. The van der Waals surface area contributed by atoms with Gasteiger partial charge in [0.25, 0.3) is 0 Å². The molecule has 32 bridgehead atoms. The van der Waals surface area contributed by atoms with Crippen LogP contribution in [0.25, 0.3) is 22.3 Å². The number of H-pyrrole nitrogens is 2. The van der Waals surface area contributed by atoms with E-state index in [0.29, 0.717) is 135 Å². The zero-order valence-electron chi connectivity index (χ0n) is 52.2. The Bertz CT molecular complexity index is 4080. The molecule has 2 aromatic heterocycles. The third-order valence-electron chi connectivity index (χ3n) is 18.1. The molecule has 474 valence electrons. The highest BCUT2D eigenvalue weighted by Gasteiger charge is 2.48. The van der Waals surface area contributed by atoms with Crippen molar-refractivity contribution in [1.82, 2.24) is 9.97 Å². The molecule has 0 saturated carbocycles. The van der Waals surface area contributed by atoms with E-state index in [1.165, 1.54) is 0 Å². The first-order chi connectivity index (χ1) is 44.4. The van der Waals surface area contributed by atoms with Crippen LogP contribution >= 0.6 is 0 Å². The number of aliphatic imine (C=N–C) groups is 2. The SMILES string of the molecule is CC1(C)OC2COc3cccc4c3C3=C5C=CC(=N5)C5=c6ccc([nH]6)=C6C7=NC(=C(c8ccc3[nH]8)c3c(cccc3OCC3OC(C)(C)OC3COc3cccc(c36)OCC3OC(C)(C)OC3COc3cccc(c35)OCC3OC(C)(C)OC3CO4)OCC2O1)C=C7. The standard InChI is InChI=1S/C72H70N4O16/c1-69(2)85-53-29-77-45-13-9-15-47-65(45)61-37-21-22-38(73-37)62-40-24-26-42(75-40)64-44-28-27-43(76-44)63(41-25-23-39(61)74-41)67-49(81-33-57-55(31-79-47)87-70(3,4)89-57)17-11-19-51(67)83-35-59-60(92-72(7,8)91-59)36-84-52-20-12-18-50(68(52)64)82-34-58-56(88-71(5,6)90-58)32-80-48-16-10-14-46(66(48)62)78-30-54(53)86-69/h9-28,53-60,73,76H,29-36H2,1-8H3. The van der Waals surface area contributed by atoms with Crippen molar-refractivity contribution in [2.24, 2.45) is 9.98 Å². The average molecular weight is 1250 g/mol. The second-order valence-corrected chi connectivity index (χ2v) is 26.4. The average Bonchev–Trinajstić information content (AvgIpc) is 1.58. The summed E-state index contributed by atoms with van der Waals surface area (Å²) in [6.45, 7) is 15.7. The van der Waals surface area contributed by atoms with Crippen molar-refractivity contribution in [3.8, 4) is 46.0 Å². The number of ether oxygens (including phenoxy) is 16. The Labute approximate surface area is 530 Å². The Morgan fingerprint density at radius 1 is 0.293 bits per heavy atom. The Hall–Kier alpha value is -8.44. The molecule has 92 heavy (non-hydrogen) atoms. The largest absolute Gasteiger partial charge is 0.490 e. The van der Waals surface area contributed by atoms with Gasteiger partial charge in [0.05, 0.1) is 45.1 Å². The fourth-order valence-corrected chi connectivity index (χ4v) is 14.4. The van der Waals surface area contributed by atoms with Crippen LogP contribution in [0.3, 0.4) is 0 Å². The molecule has 13 heterocycles. The van der Waals surface area contributed by atoms with Gasteiger partial charge in [-0.25, -0.2) is 9.98 Å². The highest BCUT2D eigenvalue weighted by atomic mass is 16.8. The molecule has 2 N–H and O–H groups in total. The highest BCUT2D eigenvalue weighted by Crippen LogP contribution is 2.49. The number of hydrogen-bond donors (Lipinski definition) is 2. The number of rotatable bonds is 0. The Morgan fingerprint density at radius 3 is 0.783 bits per heavy atom. The van der Waals surface area contributed by atoms with Gasteiger partial charge in [-0.3, -0.25) is 0 Å². The number of aromatic amines is 2. The molecule has 8 atom stereocenters. The lowest BCUT2D eigenvalue weighted by molar-refractivity contribution is -0.150. The molecule has 6 aromatic rings. The van der Waals surface area contributed by atoms with E-state index in [0.717, 1.165) is 0 Å². The van der Waals surface area contributed by atoms with E-state index in [1.807, 2.05) is 152 Å². The van der Waals surface area contributed by atoms with Gasteiger partial charge in [-0.05, 0) is 152 Å². The van der Waals surface area contributed by atoms with Crippen molar-refractivity contribution in [3.05, 3.63) is 177 Å². The van der Waals surface area contributed by atoms with Gasteiger partial charge in [0.1, 0.15) is 148 Å². The maximum Gasteiger partial charge on any atom is 0.164 e. The minimum atomic E-state index is -0.996. The molecular weight excluding hydrogens is 1180 g/mol. The molecule has 0 amide bonds. The lowest BCUT2D eigenvalue weighted by atomic mass is 9.98. The third kappa shape index (κ3) is 10.2. The van der Waals surface area contributed by atoms with Crippen LogP contribution in [0.4, 0.5) is 0 Å². The fraction of sp³-hybridized carbons (Fsp3) is 0.389. The van der Waals surface area contributed by atoms with E-state index < -0.39 is 72.0 Å². The van der Waals surface area contributed by atoms with Crippen molar-refractivity contribution in [1.29, 1.82) is 0 Å².